The van der Waals surface area contributed by atoms with E-state index < -0.39 is 11.7 Å². The molecule has 1 saturated heterocycles. The summed E-state index contributed by atoms with van der Waals surface area (Å²) in [5.74, 6) is 1.27. The smallest absolute Gasteiger partial charge is 0.355 e. The monoisotopic (exact) mass is 527 g/mol. The number of nitrogens with zero attached hydrogens (tertiary/aromatic N) is 5. The molecule has 11 heteroatoms. The lowest BCUT2D eigenvalue weighted by atomic mass is 10.0. The minimum Gasteiger partial charge on any atom is -0.355 e. The Balaban J connectivity index is 1.42. The highest BCUT2D eigenvalue weighted by Crippen LogP contribution is 2.38. The molecular formula is C26H28F3N7S. The van der Waals surface area contributed by atoms with Crippen LogP contribution in [0.3, 0.4) is 0 Å². The van der Waals surface area contributed by atoms with E-state index in [1.807, 2.05) is 19.1 Å². The average molecular weight is 528 g/mol. The third-order valence-electron chi connectivity index (χ3n) is 6.86. The minimum atomic E-state index is -4.45. The molecule has 0 spiro atoms. The maximum atomic E-state index is 13.3. The van der Waals surface area contributed by atoms with Gasteiger partial charge < -0.3 is 20.4 Å². The Kier molecular flexibility index (Phi) is 6.76. The Labute approximate surface area is 219 Å². The lowest BCUT2D eigenvalue weighted by Gasteiger charge is -2.37. The lowest BCUT2D eigenvalue weighted by Crippen LogP contribution is -2.45. The van der Waals surface area contributed by atoms with Gasteiger partial charge in [-0.15, -0.1) is 0 Å². The molecule has 1 unspecified atom stereocenters. The lowest BCUT2D eigenvalue weighted by molar-refractivity contribution is -0.137. The van der Waals surface area contributed by atoms with Gasteiger partial charge in [0.25, 0.3) is 0 Å². The molecule has 4 heterocycles. The van der Waals surface area contributed by atoms with E-state index in [0.717, 1.165) is 54.4 Å². The zero-order valence-corrected chi connectivity index (χ0v) is 21.7. The first-order valence-corrected chi connectivity index (χ1v) is 12.5. The van der Waals surface area contributed by atoms with Crippen LogP contribution in [0, 0.1) is 6.92 Å². The van der Waals surface area contributed by atoms with Gasteiger partial charge in [0.05, 0.1) is 27.6 Å². The van der Waals surface area contributed by atoms with Crippen molar-refractivity contribution in [2.45, 2.75) is 38.4 Å². The Hall–Kier alpha value is -3.31. The molecule has 3 aromatic rings. The van der Waals surface area contributed by atoms with Crippen LogP contribution in [-0.2, 0) is 12.6 Å². The molecule has 194 valence electrons. The molecule has 0 bridgehead atoms. The van der Waals surface area contributed by atoms with Gasteiger partial charge in [0.2, 0.25) is 5.95 Å². The van der Waals surface area contributed by atoms with Crippen LogP contribution in [-0.4, -0.2) is 58.1 Å². The number of thiocarbonyl (C=S) groups is 1. The van der Waals surface area contributed by atoms with Gasteiger partial charge in [-0.3, -0.25) is 0 Å². The highest BCUT2D eigenvalue weighted by molar-refractivity contribution is 7.80. The number of piperidine rings is 1. The fourth-order valence-corrected chi connectivity index (χ4v) is 5.05. The van der Waals surface area contributed by atoms with Crippen LogP contribution in [0.5, 0.6) is 0 Å². The van der Waals surface area contributed by atoms with Crippen LogP contribution in [0.2, 0.25) is 0 Å². The van der Waals surface area contributed by atoms with Crippen molar-refractivity contribution in [2.24, 2.45) is 0 Å². The van der Waals surface area contributed by atoms with Gasteiger partial charge in [-0.05, 0) is 58.1 Å². The summed E-state index contributed by atoms with van der Waals surface area (Å²) >= 11 is 5.35. The molecule has 2 N–H and O–H groups in total. The predicted octanol–water partition coefficient (Wildman–Crippen LogP) is 5.44. The SMILES string of the molecule is Cc1nc(N2CCCC(N(C)C)C2)ccc1Nc1ncc2c(n1)-c1ccc(C(F)(F)F)cc1NC(=S)C2. The fraction of sp³-hybridized carbons (Fsp3) is 0.385. The van der Waals surface area contributed by atoms with Crippen molar-refractivity contribution in [3.05, 3.63) is 53.3 Å². The van der Waals surface area contributed by atoms with Crippen LogP contribution in [0.4, 0.5) is 36.3 Å². The summed E-state index contributed by atoms with van der Waals surface area (Å²) in [5.41, 5.74) is 2.93. The fourth-order valence-electron chi connectivity index (χ4n) is 4.79. The van der Waals surface area contributed by atoms with Crippen LogP contribution in [0.15, 0.2) is 36.5 Å². The van der Waals surface area contributed by atoms with E-state index in [2.05, 4.69) is 44.5 Å². The number of rotatable bonds is 4. The predicted molar refractivity (Wildman–Crippen MR) is 144 cm³/mol. The number of likely N-dealkylation sites (N-methyl/N-ethyl adjacent to an activating group) is 1. The van der Waals surface area contributed by atoms with Crippen molar-refractivity contribution >= 4 is 40.3 Å². The number of nitrogens with one attached hydrogen (secondary N) is 2. The molecule has 0 saturated carbocycles. The van der Waals surface area contributed by atoms with Gasteiger partial charge in [-0.2, -0.15) is 13.2 Å². The molecule has 7 nitrogen and oxygen atoms in total. The Bertz CT molecular complexity index is 1340. The van der Waals surface area contributed by atoms with E-state index in [-0.39, 0.29) is 5.69 Å². The van der Waals surface area contributed by atoms with E-state index in [1.165, 1.54) is 12.5 Å². The zero-order valence-electron chi connectivity index (χ0n) is 20.9. The first-order chi connectivity index (χ1) is 17.6. The second-order valence-corrected chi connectivity index (χ2v) is 10.2. The maximum absolute atomic E-state index is 13.3. The van der Waals surface area contributed by atoms with Crippen LogP contribution in [0.25, 0.3) is 11.3 Å². The van der Waals surface area contributed by atoms with E-state index >= 15 is 0 Å². The molecule has 2 aliphatic rings. The number of aryl methyl sites for hydroxylation is 1. The first kappa shape index (κ1) is 25.3. The molecule has 2 aliphatic heterocycles. The highest BCUT2D eigenvalue weighted by atomic mass is 32.1. The zero-order chi connectivity index (χ0) is 26.3. The number of fused-ring (bicyclic) bond motifs is 3. The minimum absolute atomic E-state index is 0.281. The van der Waals surface area contributed by atoms with Crippen molar-refractivity contribution in [3.8, 4) is 11.3 Å². The molecule has 0 amide bonds. The van der Waals surface area contributed by atoms with Gasteiger partial charge in [-0.1, -0.05) is 18.3 Å². The summed E-state index contributed by atoms with van der Waals surface area (Å²) in [6.07, 6.45) is -0.155. The Morgan fingerprint density at radius 3 is 2.70 bits per heavy atom. The van der Waals surface area contributed by atoms with Crippen molar-refractivity contribution in [3.63, 3.8) is 0 Å². The summed E-state index contributed by atoms with van der Waals surface area (Å²) in [6, 6.07) is 8.01. The number of pyridine rings is 1. The third-order valence-corrected chi connectivity index (χ3v) is 7.11. The van der Waals surface area contributed by atoms with Gasteiger partial charge >= 0.3 is 6.18 Å². The number of halogens is 3. The number of benzene rings is 1. The molecule has 1 atom stereocenters. The molecule has 1 fully saturated rings. The highest BCUT2D eigenvalue weighted by Gasteiger charge is 2.32. The quantitative estimate of drug-likeness (QED) is 0.435. The van der Waals surface area contributed by atoms with Crippen molar-refractivity contribution in [1.29, 1.82) is 0 Å². The topological polar surface area (TPSA) is 69.2 Å². The van der Waals surface area contributed by atoms with Crippen LogP contribution >= 0.6 is 12.2 Å². The first-order valence-electron chi connectivity index (χ1n) is 12.1. The largest absolute Gasteiger partial charge is 0.416 e. The summed E-state index contributed by atoms with van der Waals surface area (Å²) in [6.45, 7) is 3.84. The number of alkyl halides is 3. The van der Waals surface area contributed by atoms with E-state index in [0.29, 0.717) is 34.7 Å². The van der Waals surface area contributed by atoms with Gasteiger partial charge in [0, 0.05) is 48.6 Å². The summed E-state index contributed by atoms with van der Waals surface area (Å²) < 4.78 is 39.9. The number of hydrogen-bond acceptors (Lipinski definition) is 7. The molecule has 1 aromatic carbocycles. The van der Waals surface area contributed by atoms with Crippen molar-refractivity contribution < 1.29 is 13.2 Å². The van der Waals surface area contributed by atoms with Gasteiger partial charge in [0.15, 0.2) is 0 Å². The summed E-state index contributed by atoms with van der Waals surface area (Å²) in [7, 11) is 4.22. The Morgan fingerprint density at radius 1 is 1.16 bits per heavy atom. The van der Waals surface area contributed by atoms with E-state index in [9.17, 15) is 13.2 Å². The Morgan fingerprint density at radius 2 is 1.97 bits per heavy atom. The van der Waals surface area contributed by atoms with Gasteiger partial charge in [0.1, 0.15) is 5.82 Å². The van der Waals surface area contributed by atoms with E-state index in [4.69, 9.17) is 17.2 Å². The molecule has 2 aromatic heterocycles. The summed E-state index contributed by atoms with van der Waals surface area (Å²) in [4.78, 5) is 18.9. The number of aromatic nitrogens is 3. The molecular weight excluding hydrogens is 499 g/mol. The second-order valence-electron chi connectivity index (χ2n) is 9.68. The van der Waals surface area contributed by atoms with Crippen LogP contribution in [0.1, 0.15) is 29.7 Å². The van der Waals surface area contributed by atoms with Crippen molar-refractivity contribution in [1.82, 2.24) is 19.9 Å². The molecule has 37 heavy (non-hydrogen) atoms. The molecule has 0 aliphatic carbocycles. The number of hydrogen-bond donors (Lipinski definition) is 2. The van der Waals surface area contributed by atoms with E-state index in [1.54, 1.807) is 6.20 Å². The normalized spacial score (nSPS) is 17.6. The average Bonchev–Trinajstić information content (AvgIpc) is 2.99. The van der Waals surface area contributed by atoms with Gasteiger partial charge in [-0.25, -0.2) is 15.0 Å². The molecule has 5 rings (SSSR count). The second kappa shape index (κ2) is 9.86. The molecule has 0 radical (unpaired) electrons. The van der Waals surface area contributed by atoms with Crippen molar-refractivity contribution in [2.75, 3.05) is 42.7 Å². The summed E-state index contributed by atoms with van der Waals surface area (Å²) in [5, 5.41) is 6.17. The third kappa shape index (κ3) is 5.37. The standard InChI is InChI=1S/C26H28F3N7S/c1-15-20(8-9-22(31-15)36-10-4-5-18(14-36)35(2)3)33-25-30-13-16-11-23(37)32-21-12-17(26(27,28)29)6-7-19(21)24(16)34-25/h6-9,12-13,18H,4-5,10-11,14H2,1-3H3,(H,32,37)(H,30,33,34). The maximum Gasteiger partial charge on any atom is 0.416 e. The number of anilines is 4. The van der Waals surface area contributed by atoms with Crippen LogP contribution < -0.4 is 15.5 Å².